The van der Waals surface area contributed by atoms with Crippen molar-refractivity contribution in [2.75, 3.05) is 75.8 Å². The summed E-state index contributed by atoms with van der Waals surface area (Å²) >= 11 is 0. The van der Waals surface area contributed by atoms with Gasteiger partial charge >= 0.3 is 12.0 Å². The van der Waals surface area contributed by atoms with Gasteiger partial charge in [-0.2, -0.15) is 0 Å². The van der Waals surface area contributed by atoms with Gasteiger partial charge in [0.1, 0.15) is 18.1 Å². The van der Waals surface area contributed by atoms with Crippen molar-refractivity contribution >= 4 is 35.0 Å². The average Bonchev–Trinajstić information content (AvgIpc) is 3.05. The standard InChI is InChI=1S/C33H40N4O7/c1-24-7-4-5-8-28(24)34-33(40)35-29-15-12-26(23-30(29)41-2)37(31(38)9-6-16-36-17-20-43-21-18-36)19-22-44-27-13-10-25(11-14-27)32(39)42-3/h4-5,7-8,10-15,23H,6,9,16-22H2,1-3H3,(H2,34,35,40). The predicted octanol–water partition coefficient (Wildman–Crippen LogP) is 4.96. The minimum atomic E-state index is -0.426. The Labute approximate surface area is 258 Å². The molecule has 3 amide bonds. The molecule has 0 aromatic heterocycles. The Hall–Kier alpha value is -4.61. The van der Waals surface area contributed by atoms with E-state index >= 15 is 0 Å². The van der Waals surface area contributed by atoms with Crippen LogP contribution in [0.4, 0.5) is 21.9 Å². The summed E-state index contributed by atoms with van der Waals surface area (Å²) in [4.78, 5) is 42.0. The molecule has 1 fully saturated rings. The molecule has 0 saturated carbocycles. The van der Waals surface area contributed by atoms with E-state index < -0.39 is 12.0 Å². The third kappa shape index (κ3) is 9.19. The molecule has 3 aromatic rings. The zero-order chi connectivity index (χ0) is 31.3. The molecule has 4 rings (SSSR count). The lowest BCUT2D eigenvalue weighted by Crippen LogP contribution is -2.38. The van der Waals surface area contributed by atoms with Crippen LogP contribution in [0.2, 0.25) is 0 Å². The lowest BCUT2D eigenvalue weighted by atomic mass is 10.2. The highest BCUT2D eigenvalue weighted by atomic mass is 16.5. The van der Waals surface area contributed by atoms with E-state index in [-0.39, 0.29) is 19.1 Å². The lowest BCUT2D eigenvalue weighted by molar-refractivity contribution is -0.118. The summed E-state index contributed by atoms with van der Waals surface area (Å²) < 4.78 is 21.7. The van der Waals surface area contributed by atoms with Crippen LogP contribution in [0.15, 0.2) is 66.7 Å². The fourth-order valence-corrected chi connectivity index (χ4v) is 4.81. The summed E-state index contributed by atoms with van der Waals surface area (Å²) in [5, 5.41) is 5.68. The van der Waals surface area contributed by atoms with Gasteiger partial charge in [0.25, 0.3) is 0 Å². The number of carbonyl (C=O) groups is 3. The Morgan fingerprint density at radius 2 is 1.66 bits per heavy atom. The topological polar surface area (TPSA) is 119 Å². The fraction of sp³-hybridized carbons (Fsp3) is 0.364. The molecule has 0 aliphatic carbocycles. The number of urea groups is 1. The molecule has 3 aromatic carbocycles. The van der Waals surface area contributed by atoms with E-state index in [1.165, 1.54) is 14.2 Å². The molecule has 0 bridgehead atoms. The number of aryl methyl sites for hydroxylation is 1. The van der Waals surface area contributed by atoms with Crippen LogP contribution in [0.3, 0.4) is 0 Å². The average molecular weight is 605 g/mol. The zero-order valence-electron chi connectivity index (χ0n) is 25.5. The first kappa shape index (κ1) is 32.3. The SMILES string of the molecule is COC(=O)c1ccc(OCCN(C(=O)CCCN2CCOCC2)c2ccc(NC(=O)Nc3ccccc3C)c(OC)c2)cc1. The third-order valence-corrected chi connectivity index (χ3v) is 7.27. The van der Waals surface area contributed by atoms with Gasteiger partial charge in [-0.1, -0.05) is 18.2 Å². The van der Waals surface area contributed by atoms with Gasteiger partial charge in [0, 0.05) is 37.0 Å². The minimum absolute atomic E-state index is 0.0528. The molecule has 2 N–H and O–H groups in total. The smallest absolute Gasteiger partial charge is 0.337 e. The Balaban J connectivity index is 1.44. The van der Waals surface area contributed by atoms with Gasteiger partial charge in [0.05, 0.1) is 45.2 Å². The number of benzene rings is 3. The number of carbonyl (C=O) groups excluding carboxylic acids is 3. The summed E-state index contributed by atoms with van der Waals surface area (Å²) in [5.74, 6) is 0.495. The largest absolute Gasteiger partial charge is 0.494 e. The zero-order valence-corrected chi connectivity index (χ0v) is 25.5. The van der Waals surface area contributed by atoms with Crippen molar-refractivity contribution in [1.29, 1.82) is 0 Å². The molecule has 1 aliphatic rings. The highest BCUT2D eigenvalue weighted by Gasteiger charge is 2.20. The van der Waals surface area contributed by atoms with Gasteiger partial charge in [-0.25, -0.2) is 9.59 Å². The monoisotopic (exact) mass is 604 g/mol. The first-order chi connectivity index (χ1) is 21.4. The highest BCUT2D eigenvalue weighted by Crippen LogP contribution is 2.31. The van der Waals surface area contributed by atoms with Crippen molar-refractivity contribution in [3.8, 4) is 11.5 Å². The van der Waals surface area contributed by atoms with Gasteiger partial charge in [-0.3, -0.25) is 9.69 Å². The second kappa shape index (κ2) is 16.3. The van der Waals surface area contributed by atoms with Crippen LogP contribution in [0.1, 0.15) is 28.8 Å². The fourth-order valence-electron chi connectivity index (χ4n) is 4.81. The van der Waals surface area contributed by atoms with Gasteiger partial charge < -0.3 is 34.5 Å². The first-order valence-corrected chi connectivity index (χ1v) is 14.6. The molecule has 234 valence electrons. The van der Waals surface area contributed by atoms with E-state index in [1.54, 1.807) is 47.4 Å². The van der Waals surface area contributed by atoms with E-state index in [0.29, 0.717) is 60.2 Å². The maximum Gasteiger partial charge on any atom is 0.337 e. The quantitative estimate of drug-likeness (QED) is 0.263. The number of anilines is 3. The van der Waals surface area contributed by atoms with Crippen LogP contribution < -0.4 is 25.0 Å². The number of morpholine rings is 1. The summed E-state index contributed by atoms with van der Waals surface area (Å²) in [7, 11) is 2.84. The number of amides is 3. The number of rotatable bonds is 13. The Bertz CT molecular complexity index is 1410. The van der Waals surface area contributed by atoms with Gasteiger partial charge in [-0.05, 0) is 67.9 Å². The summed E-state index contributed by atoms with van der Waals surface area (Å²) in [5.41, 5.74) is 3.14. The molecule has 1 saturated heterocycles. The number of nitrogens with zero attached hydrogens (tertiary/aromatic N) is 2. The van der Waals surface area contributed by atoms with E-state index in [9.17, 15) is 14.4 Å². The Morgan fingerprint density at radius 1 is 0.932 bits per heavy atom. The van der Waals surface area contributed by atoms with Gasteiger partial charge in [0.15, 0.2) is 0 Å². The molecular weight excluding hydrogens is 564 g/mol. The molecule has 11 heteroatoms. The number of esters is 1. The van der Waals surface area contributed by atoms with Crippen LogP contribution in [-0.2, 0) is 14.3 Å². The van der Waals surface area contributed by atoms with E-state index in [0.717, 1.165) is 25.2 Å². The molecule has 0 unspecified atom stereocenters. The van der Waals surface area contributed by atoms with E-state index in [1.807, 2.05) is 31.2 Å². The number of ether oxygens (including phenoxy) is 4. The second-order valence-electron chi connectivity index (χ2n) is 10.2. The molecule has 0 radical (unpaired) electrons. The van der Waals surface area contributed by atoms with Crippen LogP contribution in [0.25, 0.3) is 0 Å². The second-order valence-corrected chi connectivity index (χ2v) is 10.2. The van der Waals surface area contributed by atoms with Crippen molar-refractivity contribution in [2.24, 2.45) is 0 Å². The normalized spacial score (nSPS) is 13.1. The number of para-hydroxylation sites is 1. The van der Waals surface area contributed by atoms with Crippen molar-refractivity contribution in [3.63, 3.8) is 0 Å². The summed E-state index contributed by atoms with van der Waals surface area (Å²) in [6, 6.07) is 18.9. The van der Waals surface area contributed by atoms with Crippen molar-refractivity contribution < 1.29 is 33.3 Å². The molecule has 0 spiro atoms. The van der Waals surface area contributed by atoms with Crippen LogP contribution in [-0.4, -0.2) is 83.0 Å². The maximum absolute atomic E-state index is 13.5. The molecule has 1 heterocycles. The van der Waals surface area contributed by atoms with E-state index in [2.05, 4.69) is 15.5 Å². The minimum Gasteiger partial charge on any atom is -0.494 e. The maximum atomic E-state index is 13.5. The van der Waals surface area contributed by atoms with Crippen molar-refractivity contribution in [2.45, 2.75) is 19.8 Å². The molecule has 11 nitrogen and oxygen atoms in total. The summed E-state index contributed by atoms with van der Waals surface area (Å²) in [6.07, 6.45) is 1.06. The lowest BCUT2D eigenvalue weighted by Gasteiger charge is -2.27. The van der Waals surface area contributed by atoms with Gasteiger partial charge in [0.2, 0.25) is 5.91 Å². The Morgan fingerprint density at radius 3 is 2.36 bits per heavy atom. The molecule has 0 atom stereocenters. The first-order valence-electron chi connectivity index (χ1n) is 14.6. The van der Waals surface area contributed by atoms with Gasteiger partial charge in [-0.15, -0.1) is 0 Å². The van der Waals surface area contributed by atoms with Crippen LogP contribution >= 0.6 is 0 Å². The van der Waals surface area contributed by atoms with Crippen LogP contribution in [0.5, 0.6) is 11.5 Å². The third-order valence-electron chi connectivity index (χ3n) is 7.27. The molecular formula is C33H40N4O7. The number of hydrogen-bond acceptors (Lipinski definition) is 8. The van der Waals surface area contributed by atoms with E-state index in [4.69, 9.17) is 18.9 Å². The summed E-state index contributed by atoms with van der Waals surface area (Å²) in [6.45, 7) is 6.37. The molecule has 1 aliphatic heterocycles. The highest BCUT2D eigenvalue weighted by molar-refractivity contribution is 6.01. The van der Waals surface area contributed by atoms with Crippen LogP contribution in [0, 0.1) is 6.92 Å². The number of nitrogens with one attached hydrogen (secondary N) is 2. The molecule has 44 heavy (non-hydrogen) atoms. The number of methoxy groups -OCH3 is 2. The number of hydrogen-bond donors (Lipinski definition) is 2. The Kier molecular flexibility index (Phi) is 12.0. The van der Waals surface area contributed by atoms with Crippen molar-refractivity contribution in [1.82, 2.24) is 4.90 Å². The van der Waals surface area contributed by atoms with Crippen molar-refractivity contribution in [3.05, 3.63) is 77.9 Å². The predicted molar refractivity (Wildman–Crippen MR) is 169 cm³/mol.